The van der Waals surface area contributed by atoms with E-state index in [9.17, 15) is 0 Å². The Hall–Kier alpha value is -1.49. The van der Waals surface area contributed by atoms with E-state index in [2.05, 4.69) is 28.4 Å². The summed E-state index contributed by atoms with van der Waals surface area (Å²) in [6, 6.07) is 9.66. The highest BCUT2D eigenvalue weighted by Gasteiger charge is 2.18. The van der Waals surface area contributed by atoms with Gasteiger partial charge in [-0.1, -0.05) is 12.1 Å². The Balaban J connectivity index is 3.07. The van der Waals surface area contributed by atoms with E-state index < -0.39 is 5.41 Å². The highest BCUT2D eigenvalue weighted by Crippen LogP contribution is 2.24. The third-order valence-corrected chi connectivity index (χ3v) is 2.13. The van der Waals surface area contributed by atoms with E-state index in [4.69, 9.17) is 5.26 Å². The maximum absolute atomic E-state index is 8.92. The minimum atomic E-state index is -0.458. The molecule has 0 aromatic heterocycles. The molecule has 1 rings (SSSR count). The van der Waals surface area contributed by atoms with Gasteiger partial charge in [0.2, 0.25) is 0 Å². The van der Waals surface area contributed by atoms with Crippen molar-refractivity contribution in [3.05, 3.63) is 29.8 Å². The van der Waals surface area contributed by atoms with Gasteiger partial charge in [-0.15, -0.1) is 0 Å². The standard InChI is InChI=1S/C11H10N2S/c1-11(2,7-12)9-3-5-10(6-4-9)13-8-14/h3-6H,1-2H3. The molecule has 70 valence electrons. The van der Waals surface area contributed by atoms with Crippen LogP contribution in [0.25, 0.3) is 0 Å². The van der Waals surface area contributed by atoms with Crippen molar-refractivity contribution in [2.24, 2.45) is 4.99 Å². The predicted molar refractivity (Wildman–Crippen MR) is 59.8 cm³/mol. The van der Waals surface area contributed by atoms with Gasteiger partial charge in [-0.2, -0.15) is 10.3 Å². The van der Waals surface area contributed by atoms with E-state index in [-0.39, 0.29) is 0 Å². The highest BCUT2D eigenvalue weighted by molar-refractivity contribution is 7.78. The van der Waals surface area contributed by atoms with Crippen LogP contribution in [0.4, 0.5) is 5.69 Å². The van der Waals surface area contributed by atoms with Gasteiger partial charge in [0, 0.05) is 0 Å². The second-order valence-electron chi connectivity index (χ2n) is 3.49. The number of nitriles is 1. The molecular weight excluding hydrogens is 192 g/mol. The molecule has 0 unspecified atom stereocenters. The lowest BCUT2D eigenvalue weighted by Gasteiger charge is -2.15. The smallest absolute Gasteiger partial charge is 0.0766 e. The van der Waals surface area contributed by atoms with E-state index in [1.54, 1.807) is 0 Å². The van der Waals surface area contributed by atoms with Crippen molar-refractivity contribution in [1.82, 2.24) is 0 Å². The average Bonchev–Trinajstić information content (AvgIpc) is 2.19. The summed E-state index contributed by atoms with van der Waals surface area (Å²) in [5.41, 5.74) is 1.28. The molecule has 0 aliphatic rings. The van der Waals surface area contributed by atoms with Gasteiger partial charge < -0.3 is 0 Å². The van der Waals surface area contributed by atoms with Crippen LogP contribution in [0.2, 0.25) is 0 Å². The summed E-state index contributed by atoms with van der Waals surface area (Å²) in [4.78, 5) is 3.84. The predicted octanol–water partition coefficient (Wildman–Crippen LogP) is 3.22. The summed E-state index contributed by atoms with van der Waals surface area (Å²) in [5.74, 6) is 0. The zero-order valence-electron chi connectivity index (χ0n) is 8.11. The van der Waals surface area contributed by atoms with Crippen LogP contribution in [0.15, 0.2) is 29.3 Å². The molecule has 0 aliphatic heterocycles. The quantitative estimate of drug-likeness (QED) is 0.545. The molecule has 0 saturated carbocycles. The molecule has 0 heterocycles. The Kier molecular flexibility index (Phi) is 3.14. The molecule has 0 amide bonds. The molecule has 1 aromatic rings. The molecule has 0 fully saturated rings. The van der Waals surface area contributed by atoms with Crippen LogP contribution >= 0.6 is 12.2 Å². The van der Waals surface area contributed by atoms with Crippen molar-refractivity contribution in [1.29, 1.82) is 5.26 Å². The van der Waals surface area contributed by atoms with Gasteiger partial charge in [0.15, 0.2) is 0 Å². The number of isothiocyanates is 1. The van der Waals surface area contributed by atoms with Gasteiger partial charge in [-0.3, -0.25) is 0 Å². The van der Waals surface area contributed by atoms with Crippen LogP contribution in [0.3, 0.4) is 0 Å². The van der Waals surface area contributed by atoms with E-state index >= 15 is 0 Å². The molecule has 0 spiro atoms. The second-order valence-corrected chi connectivity index (χ2v) is 3.67. The molecule has 0 atom stereocenters. The fraction of sp³-hybridized carbons (Fsp3) is 0.273. The van der Waals surface area contributed by atoms with Crippen LogP contribution in [0, 0.1) is 11.3 Å². The zero-order chi connectivity index (χ0) is 10.6. The van der Waals surface area contributed by atoms with Crippen molar-refractivity contribution >= 4 is 23.1 Å². The maximum atomic E-state index is 8.92. The Morgan fingerprint density at radius 2 is 1.86 bits per heavy atom. The second kappa shape index (κ2) is 4.15. The molecule has 0 saturated heterocycles. The summed E-state index contributed by atoms with van der Waals surface area (Å²) < 4.78 is 0. The lowest BCUT2D eigenvalue weighted by atomic mass is 9.86. The molecule has 0 bridgehead atoms. The third-order valence-electron chi connectivity index (χ3n) is 2.04. The Labute approximate surface area is 88.9 Å². The zero-order valence-corrected chi connectivity index (χ0v) is 8.93. The minimum Gasteiger partial charge on any atom is -0.197 e. The molecule has 2 nitrogen and oxygen atoms in total. The first-order valence-electron chi connectivity index (χ1n) is 4.20. The van der Waals surface area contributed by atoms with Crippen LogP contribution < -0.4 is 0 Å². The van der Waals surface area contributed by atoms with Crippen molar-refractivity contribution in [3.63, 3.8) is 0 Å². The minimum absolute atomic E-state index is 0.458. The first-order valence-corrected chi connectivity index (χ1v) is 4.60. The SMILES string of the molecule is CC(C)(C#N)c1ccc(N=C=S)cc1. The third kappa shape index (κ3) is 2.26. The first kappa shape index (κ1) is 10.6. The van der Waals surface area contributed by atoms with Crippen molar-refractivity contribution in [2.75, 3.05) is 0 Å². The van der Waals surface area contributed by atoms with Crippen LogP contribution in [0.1, 0.15) is 19.4 Å². The summed E-state index contributed by atoms with van der Waals surface area (Å²) >= 11 is 4.49. The van der Waals surface area contributed by atoms with Crippen LogP contribution in [-0.2, 0) is 5.41 Å². The van der Waals surface area contributed by atoms with Gasteiger partial charge in [-0.25, -0.2) is 0 Å². The number of hydrogen-bond donors (Lipinski definition) is 0. The van der Waals surface area contributed by atoms with Crippen molar-refractivity contribution in [3.8, 4) is 6.07 Å². The summed E-state index contributed by atoms with van der Waals surface area (Å²) in [7, 11) is 0. The molecule has 0 N–H and O–H groups in total. The van der Waals surface area contributed by atoms with E-state index in [1.165, 1.54) is 0 Å². The van der Waals surface area contributed by atoms with Gasteiger partial charge in [0.25, 0.3) is 0 Å². The Morgan fingerprint density at radius 1 is 1.29 bits per heavy atom. The first-order chi connectivity index (χ1) is 6.60. The lowest BCUT2D eigenvalue weighted by Crippen LogP contribution is -2.13. The molecular formula is C11H10N2S. The monoisotopic (exact) mass is 202 g/mol. The number of benzene rings is 1. The average molecular weight is 202 g/mol. The summed E-state index contributed by atoms with van der Waals surface area (Å²) in [6.45, 7) is 3.76. The lowest BCUT2D eigenvalue weighted by molar-refractivity contribution is 0.687. The van der Waals surface area contributed by atoms with Gasteiger partial charge in [-0.05, 0) is 43.8 Å². The van der Waals surface area contributed by atoms with Crippen molar-refractivity contribution in [2.45, 2.75) is 19.3 Å². The number of nitrogens with zero attached hydrogens (tertiary/aromatic N) is 2. The number of thiocarbonyl (C=S) groups is 1. The maximum Gasteiger partial charge on any atom is 0.0766 e. The largest absolute Gasteiger partial charge is 0.197 e. The van der Waals surface area contributed by atoms with E-state index in [0.29, 0.717) is 0 Å². The molecule has 14 heavy (non-hydrogen) atoms. The normalized spacial score (nSPS) is 10.1. The highest BCUT2D eigenvalue weighted by atomic mass is 32.1. The summed E-state index contributed by atoms with van der Waals surface area (Å²) in [6.07, 6.45) is 0. The summed E-state index contributed by atoms with van der Waals surface area (Å²) in [5, 5.41) is 11.2. The number of rotatable bonds is 2. The Morgan fingerprint density at radius 3 is 2.29 bits per heavy atom. The Bertz CT molecular complexity index is 406. The van der Waals surface area contributed by atoms with Gasteiger partial charge in [0.1, 0.15) is 0 Å². The van der Waals surface area contributed by atoms with Gasteiger partial charge in [0.05, 0.1) is 22.3 Å². The van der Waals surface area contributed by atoms with Crippen LogP contribution in [-0.4, -0.2) is 5.16 Å². The number of hydrogen-bond acceptors (Lipinski definition) is 3. The fourth-order valence-electron chi connectivity index (χ4n) is 1.07. The van der Waals surface area contributed by atoms with Crippen LogP contribution in [0.5, 0.6) is 0 Å². The fourth-order valence-corrected chi connectivity index (χ4v) is 1.18. The molecule has 0 aliphatic carbocycles. The topological polar surface area (TPSA) is 36.1 Å². The van der Waals surface area contributed by atoms with E-state index in [0.717, 1.165) is 11.3 Å². The molecule has 1 aromatic carbocycles. The van der Waals surface area contributed by atoms with Gasteiger partial charge >= 0.3 is 0 Å². The van der Waals surface area contributed by atoms with E-state index in [1.807, 2.05) is 38.1 Å². The van der Waals surface area contributed by atoms with Crippen molar-refractivity contribution < 1.29 is 0 Å². The number of aliphatic imine (C=N–C) groups is 1. The molecule has 3 heteroatoms. The molecule has 0 radical (unpaired) electrons.